The van der Waals surface area contributed by atoms with Gasteiger partial charge in [0.25, 0.3) is 0 Å². The van der Waals surface area contributed by atoms with Crippen LogP contribution in [-0.2, 0) is 0 Å². The second kappa shape index (κ2) is 61.6. The molecule has 0 atom stereocenters. The van der Waals surface area contributed by atoms with Crippen molar-refractivity contribution in [2.45, 2.75) is 19.8 Å². The summed E-state index contributed by atoms with van der Waals surface area (Å²) < 4.78 is 0. The van der Waals surface area contributed by atoms with Gasteiger partial charge in [0.2, 0.25) is 0 Å². The number of hydrogen-bond donors (Lipinski definition) is 4. The lowest BCUT2D eigenvalue weighted by Crippen LogP contribution is -1.75. The normalized spacial score (nSPS) is 5.40. The molecule has 0 amide bonds. The second-order valence-corrected chi connectivity index (χ2v) is 1.08. The van der Waals surface area contributed by atoms with Gasteiger partial charge < -0.3 is 15.4 Å². The molecule has 4 nitrogen and oxygen atoms in total. The van der Waals surface area contributed by atoms with E-state index in [9.17, 15) is 0 Å². The van der Waals surface area contributed by atoms with Crippen molar-refractivity contribution < 1.29 is 15.4 Å². The second-order valence-electron chi connectivity index (χ2n) is 1.08. The summed E-state index contributed by atoms with van der Waals surface area (Å²) in [5.74, 6) is 3.50. The highest BCUT2D eigenvalue weighted by Crippen LogP contribution is 1.78. The van der Waals surface area contributed by atoms with Crippen molar-refractivity contribution in [2.75, 3.05) is 13.7 Å². The molecule has 0 radical (unpaired) electrons. The van der Waals surface area contributed by atoms with E-state index in [2.05, 4.69) is 12.8 Å². The van der Waals surface area contributed by atoms with Gasteiger partial charge in [-0.1, -0.05) is 13.3 Å². The smallest absolute Gasteiger partial charge is 0.0430 e. The molecule has 0 aromatic rings. The molecule has 0 aliphatic carbocycles. The standard InChI is InChI=1S/C4H10O.CH4O.ClH.H3NO/c1-2-3-4-5;1-2;;1-2/h5H,2-4H2,1H3;2H,1H3;1H;2H,1H2. The average molecular weight is 176 g/mol. The van der Waals surface area contributed by atoms with E-state index in [0.29, 0.717) is 6.61 Å². The molecule has 5 N–H and O–H groups in total. The molecule has 0 aliphatic heterocycles. The Kier molecular flexibility index (Phi) is 138. The Balaban J connectivity index is -0.0000000315. The summed E-state index contributed by atoms with van der Waals surface area (Å²) in [5, 5.41) is 21.6. The Morgan fingerprint density at radius 1 is 1.20 bits per heavy atom. The van der Waals surface area contributed by atoms with E-state index in [1.807, 2.05) is 0 Å². The van der Waals surface area contributed by atoms with E-state index in [4.69, 9.17) is 15.4 Å². The Bertz CT molecular complexity index is 24.4. The molecule has 0 unspecified atom stereocenters. The van der Waals surface area contributed by atoms with Crippen molar-refractivity contribution in [3.63, 3.8) is 0 Å². The van der Waals surface area contributed by atoms with Gasteiger partial charge in [0, 0.05) is 13.7 Å². The van der Waals surface area contributed by atoms with Crippen molar-refractivity contribution in [1.29, 1.82) is 0 Å². The van der Waals surface area contributed by atoms with E-state index >= 15 is 0 Å². The summed E-state index contributed by atoms with van der Waals surface area (Å²) in [7, 11) is 1.00. The maximum absolute atomic E-state index is 8.07. The lowest BCUT2D eigenvalue weighted by Gasteiger charge is -1.79. The summed E-state index contributed by atoms with van der Waals surface area (Å²) in [4.78, 5) is 0. The number of unbranched alkanes of at least 4 members (excludes halogenated alkanes) is 1. The van der Waals surface area contributed by atoms with Gasteiger partial charge in [0.15, 0.2) is 0 Å². The zero-order valence-corrected chi connectivity index (χ0v) is 7.27. The molecule has 0 saturated carbocycles. The summed E-state index contributed by atoms with van der Waals surface area (Å²) in [6.45, 7) is 2.40. The fourth-order valence-electron chi connectivity index (χ4n) is 0.158. The summed E-state index contributed by atoms with van der Waals surface area (Å²) in [5.41, 5.74) is 0. The monoisotopic (exact) mass is 175 g/mol. The molecule has 0 rings (SSSR count). The number of aliphatic hydroxyl groups is 2. The highest BCUT2D eigenvalue weighted by atomic mass is 35.5. The van der Waals surface area contributed by atoms with Gasteiger partial charge in [0.1, 0.15) is 0 Å². The highest BCUT2D eigenvalue weighted by molar-refractivity contribution is 5.85. The van der Waals surface area contributed by atoms with Crippen LogP contribution in [0.1, 0.15) is 19.8 Å². The predicted molar refractivity (Wildman–Crippen MR) is 43.4 cm³/mol. The Hall–Kier alpha value is 0.130. The predicted octanol–water partition coefficient (Wildman–Crippen LogP) is 0.143. The largest absolute Gasteiger partial charge is 0.400 e. The molecule has 68 valence electrons. The summed E-state index contributed by atoms with van der Waals surface area (Å²) in [6.07, 6.45) is 2.04. The van der Waals surface area contributed by atoms with Crippen LogP contribution in [-0.4, -0.2) is 29.1 Å². The van der Waals surface area contributed by atoms with Gasteiger partial charge in [-0.15, -0.1) is 12.4 Å². The Morgan fingerprint density at radius 2 is 1.50 bits per heavy atom. The van der Waals surface area contributed by atoms with Crippen LogP contribution in [0.15, 0.2) is 0 Å². The first-order chi connectivity index (χ1) is 4.41. The number of nitrogens with two attached hydrogens (primary N) is 1. The number of aliphatic hydroxyl groups excluding tert-OH is 2. The maximum atomic E-state index is 8.07. The molecular weight excluding hydrogens is 158 g/mol. The minimum absolute atomic E-state index is 0. The van der Waals surface area contributed by atoms with Gasteiger partial charge in [-0.2, -0.15) is 0 Å². The van der Waals surface area contributed by atoms with Crippen LogP contribution in [0.3, 0.4) is 0 Å². The third-order valence-electron chi connectivity index (χ3n) is 0.512. The van der Waals surface area contributed by atoms with Gasteiger partial charge in [0.05, 0.1) is 0 Å². The molecule has 0 fully saturated rings. The van der Waals surface area contributed by atoms with Crippen molar-refractivity contribution in [3.8, 4) is 0 Å². The van der Waals surface area contributed by atoms with Crippen LogP contribution in [0.25, 0.3) is 0 Å². The van der Waals surface area contributed by atoms with Gasteiger partial charge in [-0.05, 0) is 6.42 Å². The van der Waals surface area contributed by atoms with Crippen LogP contribution in [0.2, 0.25) is 0 Å². The lowest BCUT2D eigenvalue weighted by molar-refractivity contribution is 0.287. The molecule has 0 spiro atoms. The number of hydrogen-bond acceptors (Lipinski definition) is 4. The van der Waals surface area contributed by atoms with E-state index in [1.54, 1.807) is 0 Å². The first-order valence-electron chi connectivity index (χ1n) is 2.73. The van der Waals surface area contributed by atoms with Gasteiger partial charge >= 0.3 is 0 Å². The first kappa shape index (κ1) is 22.5. The Labute approximate surface area is 68.0 Å². The topological polar surface area (TPSA) is 86.7 Å². The molecule has 0 heterocycles. The minimum atomic E-state index is 0. The van der Waals surface area contributed by atoms with E-state index in [-0.39, 0.29) is 12.4 Å². The van der Waals surface area contributed by atoms with Crippen LogP contribution in [0.5, 0.6) is 0 Å². The minimum Gasteiger partial charge on any atom is -0.400 e. The maximum Gasteiger partial charge on any atom is 0.0430 e. The van der Waals surface area contributed by atoms with Crippen molar-refractivity contribution in [3.05, 3.63) is 0 Å². The molecule has 0 bridgehead atoms. The van der Waals surface area contributed by atoms with Crippen LogP contribution in [0, 0.1) is 0 Å². The van der Waals surface area contributed by atoms with Gasteiger partial charge in [-0.25, -0.2) is 5.90 Å². The van der Waals surface area contributed by atoms with E-state index in [1.165, 1.54) is 0 Å². The molecule has 0 aromatic heterocycles. The zero-order valence-electron chi connectivity index (χ0n) is 6.45. The average Bonchev–Trinajstić information content (AvgIpc) is 1.98. The van der Waals surface area contributed by atoms with E-state index < -0.39 is 0 Å². The van der Waals surface area contributed by atoms with Crippen molar-refractivity contribution in [1.82, 2.24) is 0 Å². The Morgan fingerprint density at radius 3 is 1.50 bits per heavy atom. The number of rotatable bonds is 2. The molecule has 5 heteroatoms. The van der Waals surface area contributed by atoms with Crippen LogP contribution in [0.4, 0.5) is 0 Å². The quantitative estimate of drug-likeness (QED) is 0.450. The van der Waals surface area contributed by atoms with E-state index in [0.717, 1.165) is 20.0 Å². The van der Waals surface area contributed by atoms with Crippen molar-refractivity contribution >= 4 is 12.4 Å². The molecular formula is C5H18ClNO3. The number of halogens is 1. The SMILES string of the molecule is CCCCO.CO.Cl.NO. The molecule has 0 aliphatic rings. The third-order valence-corrected chi connectivity index (χ3v) is 0.512. The molecule has 0 aromatic carbocycles. The highest BCUT2D eigenvalue weighted by Gasteiger charge is 1.69. The molecule has 0 saturated heterocycles. The molecule has 10 heavy (non-hydrogen) atoms. The van der Waals surface area contributed by atoms with Crippen LogP contribution < -0.4 is 5.90 Å². The van der Waals surface area contributed by atoms with Gasteiger partial charge in [-0.3, -0.25) is 0 Å². The lowest BCUT2D eigenvalue weighted by atomic mass is 10.4. The fraction of sp³-hybridized carbons (Fsp3) is 1.00. The fourth-order valence-corrected chi connectivity index (χ4v) is 0.158. The summed E-state index contributed by atoms with van der Waals surface area (Å²) >= 11 is 0. The third kappa shape index (κ3) is 91.1. The van der Waals surface area contributed by atoms with Crippen molar-refractivity contribution in [2.24, 2.45) is 5.90 Å². The zero-order chi connectivity index (χ0) is 8.12. The van der Waals surface area contributed by atoms with Crippen LogP contribution >= 0.6 is 12.4 Å². The first-order valence-corrected chi connectivity index (χ1v) is 2.73. The summed E-state index contributed by atoms with van der Waals surface area (Å²) in [6, 6.07) is 0.